The van der Waals surface area contributed by atoms with E-state index in [0.717, 1.165) is 0 Å². The lowest BCUT2D eigenvalue weighted by Gasteiger charge is -2.24. The van der Waals surface area contributed by atoms with E-state index in [0.29, 0.717) is 18.5 Å². The second-order valence-electron chi connectivity index (χ2n) is 4.54. The third-order valence-electron chi connectivity index (χ3n) is 2.90. The molecule has 0 amide bonds. The van der Waals surface area contributed by atoms with Gasteiger partial charge < -0.3 is 10.5 Å². The van der Waals surface area contributed by atoms with Crippen LogP contribution in [0.4, 0.5) is 5.69 Å². The van der Waals surface area contributed by atoms with Crippen LogP contribution in [0.5, 0.6) is 5.75 Å². The Morgan fingerprint density at radius 1 is 1.47 bits per heavy atom. The molecule has 0 saturated heterocycles. The maximum absolute atomic E-state index is 11.1. The summed E-state index contributed by atoms with van der Waals surface area (Å²) in [5, 5.41) is 11.1. The second-order valence-corrected chi connectivity index (χ2v) is 4.54. The maximum atomic E-state index is 11.1. The van der Waals surface area contributed by atoms with Crippen molar-refractivity contribution in [2.24, 2.45) is 5.73 Å². The Hall–Kier alpha value is -1.62. The first-order valence-electron chi connectivity index (χ1n) is 5.46. The van der Waals surface area contributed by atoms with Gasteiger partial charge in [-0.05, 0) is 24.4 Å². The molecule has 1 aromatic rings. The predicted molar refractivity (Wildman–Crippen MR) is 66.3 cm³/mol. The average molecular weight is 238 g/mol. The molecule has 1 aromatic carbocycles. The van der Waals surface area contributed by atoms with E-state index in [1.807, 2.05) is 13.8 Å². The molecular weight excluding hydrogens is 220 g/mol. The summed E-state index contributed by atoms with van der Waals surface area (Å²) >= 11 is 0. The van der Waals surface area contributed by atoms with Gasteiger partial charge in [0.1, 0.15) is 0 Å². The lowest BCUT2D eigenvalue weighted by Crippen LogP contribution is -2.23. The molecule has 0 atom stereocenters. The largest absolute Gasteiger partial charge is 0.490 e. The van der Waals surface area contributed by atoms with Crippen LogP contribution in [0.2, 0.25) is 0 Å². The van der Waals surface area contributed by atoms with Crippen LogP contribution in [0.15, 0.2) is 18.2 Å². The van der Waals surface area contributed by atoms with E-state index in [1.54, 1.807) is 18.2 Å². The standard InChI is InChI=1S/C12H18N2O3/c1-12(2,7-8-13)9-5-4-6-10(17-3)11(9)14(15)16/h4-6H,7-8,13H2,1-3H3. The fourth-order valence-electron chi connectivity index (χ4n) is 1.92. The number of nitrogens with zero attached hydrogens (tertiary/aromatic N) is 1. The summed E-state index contributed by atoms with van der Waals surface area (Å²) in [7, 11) is 1.43. The number of rotatable bonds is 5. The Balaban J connectivity index is 3.37. The number of nitro groups is 1. The van der Waals surface area contributed by atoms with E-state index < -0.39 is 4.92 Å². The molecule has 2 N–H and O–H groups in total. The first kappa shape index (κ1) is 13.4. The number of benzene rings is 1. The minimum Gasteiger partial charge on any atom is -0.490 e. The van der Waals surface area contributed by atoms with Gasteiger partial charge in [0.2, 0.25) is 0 Å². The number of hydrogen-bond donors (Lipinski definition) is 1. The summed E-state index contributed by atoms with van der Waals surface area (Å²) in [6, 6.07) is 5.12. The Bertz CT molecular complexity index is 416. The predicted octanol–water partition coefficient (Wildman–Crippen LogP) is 2.23. The van der Waals surface area contributed by atoms with Crippen molar-refractivity contribution in [1.29, 1.82) is 0 Å². The molecule has 0 bridgehead atoms. The van der Waals surface area contributed by atoms with Gasteiger partial charge in [0.05, 0.1) is 12.0 Å². The zero-order chi connectivity index (χ0) is 13.1. The van der Waals surface area contributed by atoms with E-state index in [2.05, 4.69) is 0 Å². The number of para-hydroxylation sites is 1. The van der Waals surface area contributed by atoms with Gasteiger partial charge in [-0.2, -0.15) is 0 Å². The van der Waals surface area contributed by atoms with Gasteiger partial charge in [-0.1, -0.05) is 26.0 Å². The normalized spacial score (nSPS) is 11.3. The summed E-state index contributed by atoms with van der Waals surface area (Å²) < 4.78 is 5.05. The summed E-state index contributed by atoms with van der Waals surface area (Å²) in [5.41, 5.74) is 5.90. The van der Waals surface area contributed by atoms with Crippen LogP contribution in [0, 0.1) is 10.1 Å². The lowest BCUT2D eigenvalue weighted by atomic mass is 9.80. The summed E-state index contributed by atoms with van der Waals surface area (Å²) in [6.45, 7) is 4.38. The van der Waals surface area contributed by atoms with E-state index in [4.69, 9.17) is 10.5 Å². The van der Waals surface area contributed by atoms with Crippen LogP contribution >= 0.6 is 0 Å². The molecule has 94 valence electrons. The summed E-state index contributed by atoms with van der Waals surface area (Å²) in [4.78, 5) is 10.8. The van der Waals surface area contributed by atoms with Gasteiger partial charge in [-0.3, -0.25) is 10.1 Å². The molecule has 0 saturated carbocycles. The Morgan fingerprint density at radius 3 is 2.59 bits per heavy atom. The van der Waals surface area contributed by atoms with Crippen molar-refractivity contribution < 1.29 is 9.66 Å². The monoisotopic (exact) mass is 238 g/mol. The third kappa shape index (κ3) is 2.74. The molecule has 1 rings (SSSR count). The topological polar surface area (TPSA) is 78.4 Å². The second kappa shape index (κ2) is 5.14. The molecule has 5 heteroatoms. The van der Waals surface area contributed by atoms with Gasteiger partial charge in [0, 0.05) is 5.56 Å². The Kier molecular flexibility index (Phi) is 4.07. The number of nitro benzene ring substituents is 1. The van der Waals surface area contributed by atoms with Crippen molar-refractivity contribution in [2.75, 3.05) is 13.7 Å². The highest BCUT2D eigenvalue weighted by atomic mass is 16.6. The first-order chi connectivity index (χ1) is 7.94. The molecule has 0 unspecified atom stereocenters. The van der Waals surface area contributed by atoms with Crippen molar-refractivity contribution in [2.45, 2.75) is 25.7 Å². The molecule has 0 spiro atoms. The molecule has 0 aromatic heterocycles. The van der Waals surface area contributed by atoms with Gasteiger partial charge >= 0.3 is 5.69 Å². The molecule has 0 heterocycles. The van der Waals surface area contributed by atoms with E-state index in [-0.39, 0.29) is 16.9 Å². The fraction of sp³-hybridized carbons (Fsp3) is 0.500. The van der Waals surface area contributed by atoms with E-state index >= 15 is 0 Å². The number of hydrogen-bond acceptors (Lipinski definition) is 4. The zero-order valence-electron chi connectivity index (χ0n) is 10.4. The molecule has 0 aliphatic rings. The van der Waals surface area contributed by atoms with Crippen LogP contribution < -0.4 is 10.5 Å². The van der Waals surface area contributed by atoms with Crippen LogP contribution in [0.25, 0.3) is 0 Å². The number of nitrogens with two attached hydrogens (primary N) is 1. The van der Waals surface area contributed by atoms with Gasteiger partial charge in [-0.15, -0.1) is 0 Å². The minimum absolute atomic E-state index is 0.0356. The van der Waals surface area contributed by atoms with Crippen molar-refractivity contribution in [3.8, 4) is 5.75 Å². The lowest BCUT2D eigenvalue weighted by molar-refractivity contribution is -0.386. The van der Waals surface area contributed by atoms with Crippen molar-refractivity contribution in [3.05, 3.63) is 33.9 Å². The highest BCUT2D eigenvalue weighted by Crippen LogP contribution is 2.39. The average Bonchev–Trinajstić information content (AvgIpc) is 2.27. The molecule has 5 nitrogen and oxygen atoms in total. The maximum Gasteiger partial charge on any atom is 0.314 e. The number of ether oxygens (including phenoxy) is 1. The molecule has 0 aliphatic carbocycles. The Labute approximate surface area is 101 Å². The molecule has 0 aliphatic heterocycles. The highest BCUT2D eigenvalue weighted by molar-refractivity contribution is 5.55. The molecule has 17 heavy (non-hydrogen) atoms. The van der Waals surface area contributed by atoms with Gasteiger partial charge in [0.15, 0.2) is 5.75 Å². The Morgan fingerprint density at radius 2 is 2.12 bits per heavy atom. The van der Waals surface area contributed by atoms with E-state index in [9.17, 15) is 10.1 Å². The van der Waals surface area contributed by atoms with Crippen LogP contribution in [0.1, 0.15) is 25.8 Å². The number of methoxy groups -OCH3 is 1. The van der Waals surface area contributed by atoms with Crippen molar-refractivity contribution in [3.63, 3.8) is 0 Å². The minimum atomic E-state index is -0.396. The van der Waals surface area contributed by atoms with Crippen molar-refractivity contribution in [1.82, 2.24) is 0 Å². The SMILES string of the molecule is COc1cccc(C(C)(C)CCN)c1[N+](=O)[O-]. The van der Waals surface area contributed by atoms with Crippen LogP contribution in [-0.4, -0.2) is 18.6 Å². The third-order valence-corrected chi connectivity index (χ3v) is 2.90. The van der Waals surface area contributed by atoms with Gasteiger partial charge in [0.25, 0.3) is 0 Å². The van der Waals surface area contributed by atoms with Crippen LogP contribution in [0.3, 0.4) is 0 Å². The molecule has 0 radical (unpaired) electrons. The first-order valence-corrected chi connectivity index (χ1v) is 5.46. The van der Waals surface area contributed by atoms with Gasteiger partial charge in [-0.25, -0.2) is 0 Å². The smallest absolute Gasteiger partial charge is 0.314 e. The quantitative estimate of drug-likeness (QED) is 0.630. The summed E-state index contributed by atoms with van der Waals surface area (Å²) in [5.74, 6) is 0.289. The molecular formula is C12H18N2O3. The van der Waals surface area contributed by atoms with E-state index in [1.165, 1.54) is 7.11 Å². The van der Waals surface area contributed by atoms with Crippen molar-refractivity contribution >= 4 is 5.69 Å². The summed E-state index contributed by atoms with van der Waals surface area (Å²) in [6.07, 6.45) is 0.682. The molecule has 0 fully saturated rings. The highest BCUT2D eigenvalue weighted by Gasteiger charge is 2.31. The fourth-order valence-corrected chi connectivity index (χ4v) is 1.92. The van der Waals surface area contributed by atoms with Crippen LogP contribution in [-0.2, 0) is 5.41 Å². The zero-order valence-corrected chi connectivity index (χ0v) is 10.4.